The summed E-state index contributed by atoms with van der Waals surface area (Å²) in [4.78, 5) is 13.5. The van der Waals surface area contributed by atoms with Crippen LogP contribution in [-0.2, 0) is 33.2 Å². The average molecular weight is 355 g/mol. The highest BCUT2D eigenvalue weighted by atomic mass is 32.1. The maximum atomic E-state index is 5.76. The van der Waals surface area contributed by atoms with E-state index in [1.807, 2.05) is 23.1 Å². The molecule has 0 aliphatic carbocycles. The van der Waals surface area contributed by atoms with Gasteiger partial charge in [0.2, 0.25) is 5.88 Å². The number of nitrogens with zero attached hydrogens (tertiary/aromatic N) is 5. The van der Waals surface area contributed by atoms with Crippen LogP contribution in [0.5, 0.6) is 5.88 Å². The molecule has 3 aromatic rings. The van der Waals surface area contributed by atoms with Crippen molar-refractivity contribution in [1.29, 1.82) is 0 Å². The number of rotatable bonds is 5. The highest BCUT2D eigenvalue weighted by Crippen LogP contribution is 2.26. The van der Waals surface area contributed by atoms with Crippen molar-refractivity contribution in [3.63, 3.8) is 0 Å². The van der Waals surface area contributed by atoms with Gasteiger partial charge in [0.25, 0.3) is 0 Å². The third-order valence-corrected chi connectivity index (χ3v) is 5.46. The van der Waals surface area contributed by atoms with Gasteiger partial charge in [-0.1, -0.05) is 0 Å². The highest BCUT2D eigenvalue weighted by molar-refractivity contribution is 7.11. The number of aromatic nitrogens is 4. The molecule has 3 aromatic heterocycles. The second kappa shape index (κ2) is 6.93. The Kier molecular flexibility index (Phi) is 4.50. The van der Waals surface area contributed by atoms with E-state index in [-0.39, 0.29) is 0 Å². The summed E-state index contributed by atoms with van der Waals surface area (Å²) in [6.07, 6.45) is 5.92. The van der Waals surface area contributed by atoms with Crippen LogP contribution in [0.4, 0.5) is 0 Å². The van der Waals surface area contributed by atoms with E-state index in [2.05, 4.69) is 39.0 Å². The molecule has 4 rings (SSSR count). The Bertz CT molecular complexity index is 858. The Morgan fingerprint density at radius 2 is 2.20 bits per heavy atom. The fourth-order valence-electron chi connectivity index (χ4n) is 3.27. The molecule has 0 fully saturated rings. The molecule has 0 atom stereocenters. The molecule has 0 saturated carbocycles. The number of hydrogen-bond donors (Lipinski definition) is 0. The van der Waals surface area contributed by atoms with Crippen molar-refractivity contribution in [3.05, 3.63) is 57.4 Å². The van der Waals surface area contributed by atoms with Gasteiger partial charge in [0.05, 0.1) is 6.20 Å². The Labute approximate surface area is 151 Å². The molecule has 25 heavy (non-hydrogen) atoms. The molecule has 0 N–H and O–H groups in total. The van der Waals surface area contributed by atoms with Crippen molar-refractivity contribution in [2.75, 3.05) is 6.54 Å². The van der Waals surface area contributed by atoms with E-state index in [0.29, 0.717) is 12.5 Å². The summed E-state index contributed by atoms with van der Waals surface area (Å²) in [5.41, 5.74) is 3.61. The first-order valence-electron chi connectivity index (χ1n) is 8.39. The van der Waals surface area contributed by atoms with E-state index in [9.17, 15) is 0 Å². The molecule has 0 radical (unpaired) electrons. The second-order valence-corrected chi connectivity index (χ2v) is 7.67. The molecule has 7 heteroatoms. The third kappa shape index (κ3) is 3.57. The Morgan fingerprint density at radius 1 is 1.28 bits per heavy atom. The molecular weight excluding hydrogens is 334 g/mol. The van der Waals surface area contributed by atoms with Gasteiger partial charge >= 0.3 is 0 Å². The quantitative estimate of drug-likeness (QED) is 0.704. The molecule has 0 unspecified atom stereocenters. The third-order valence-electron chi connectivity index (χ3n) is 4.48. The van der Waals surface area contributed by atoms with Gasteiger partial charge in [0.1, 0.15) is 12.3 Å². The Balaban J connectivity index is 1.48. The number of ether oxygens (including phenoxy) is 1. The Hall–Kier alpha value is -2.25. The lowest BCUT2D eigenvalue weighted by Gasteiger charge is -2.27. The fraction of sp³-hybridized carbons (Fsp3) is 0.389. The van der Waals surface area contributed by atoms with Gasteiger partial charge in [0.15, 0.2) is 0 Å². The van der Waals surface area contributed by atoms with Crippen LogP contribution in [0.3, 0.4) is 0 Å². The SMILES string of the molecule is Cc1ccc(CN2CCc3c(c(COc4cnccn4)nn3C)C2)s1. The van der Waals surface area contributed by atoms with E-state index >= 15 is 0 Å². The average Bonchev–Trinajstić information content (AvgIpc) is 3.17. The molecule has 0 aromatic carbocycles. The molecule has 0 amide bonds. The van der Waals surface area contributed by atoms with Crippen LogP contribution in [0.15, 0.2) is 30.7 Å². The number of thiophene rings is 1. The summed E-state index contributed by atoms with van der Waals surface area (Å²) in [7, 11) is 2.02. The lowest BCUT2D eigenvalue weighted by atomic mass is 10.1. The van der Waals surface area contributed by atoms with Crippen LogP contribution < -0.4 is 4.74 Å². The van der Waals surface area contributed by atoms with Gasteiger partial charge in [0, 0.05) is 66.5 Å². The summed E-state index contributed by atoms with van der Waals surface area (Å²) in [5.74, 6) is 0.531. The molecule has 4 heterocycles. The van der Waals surface area contributed by atoms with Gasteiger partial charge in [-0.2, -0.15) is 5.10 Å². The summed E-state index contributed by atoms with van der Waals surface area (Å²) >= 11 is 1.88. The van der Waals surface area contributed by atoms with Crippen LogP contribution in [-0.4, -0.2) is 31.2 Å². The number of aryl methyl sites for hydroxylation is 2. The Morgan fingerprint density at radius 3 is 2.96 bits per heavy atom. The second-order valence-electron chi connectivity index (χ2n) is 6.30. The zero-order valence-corrected chi connectivity index (χ0v) is 15.3. The van der Waals surface area contributed by atoms with Crippen LogP contribution in [0.25, 0.3) is 0 Å². The predicted octanol–water partition coefficient (Wildman–Crippen LogP) is 2.72. The fourth-order valence-corrected chi connectivity index (χ4v) is 4.20. The van der Waals surface area contributed by atoms with E-state index in [4.69, 9.17) is 4.74 Å². The molecular formula is C18H21N5OS. The summed E-state index contributed by atoms with van der Waals surface area (Å²) < 4.78 is 7.76. The van der Waals surface area contributed by atoms with Crippen molar-refractivity contribution >= 4 is 11.3 Å². The van der Waals surface area contributed by atoms with Crippen molar-refractivity contribution < 1.29 is 4.74 Å². The van der Waals surface area contributed by atoms with E-state index in [1.54, 1.807) is 18.6 Å². The van der Waals surface area contributed by atoms with E-state index < -0.39 is 0 Å². The molecule has 1 aliphatic rings. The van der Waals surface area contributed by atoms with E-state index in [0.717, 1.165) is 31.7 Å². The number of fused-ring (bicyclic) bond motifs is 1. The van der Waals surface area contributed by atoms with Gasteiger partial charge in [-0.25, -0.2) is 4.98 Å². The van der Waals surface area contributed by atoms with Crippen molar-refractivity contribution in [3.8, 4) is 5.88 Å². The predicted molar refractivity (Wildman–Crippen MR) is 96.4 cm³/mol. The largest absolute Gasteiger partial charge is 0.470 e. The highest BCUT2D eigenvalue weighted by Gasteiger charge is 2.24. The lowest BCUT2D eigenvalue weighted by Crippen LogP contribution is -2.30. The first kappa shape index (κ1) is 16.2. The first-order valence-corrected chi connectivity index (χ1v) is 9.21. The molecule has 0 spiro atoms. The van der Waals surface area contributed by atoms with Crippen molar-refractivity contribution in [1.82, 2.24) is 24.6 Å². The van der Waals surface area contributed by atoms with Crippen LogP contribution in [0.2, 0.25) is 0 Å². The zero-order valence-electron chi connectivity index (χ0n) is 14.5. The maximum absolute atomic E-state index is 5.76. The van der Waals surface area contributed by atoms with Gasteiger partial charge in [-0.05, 0) is 19.1 Å². The minimum Gasteiger partial charge on any atom is -0.470 e. The van der Waals surface area contributed by atoms with Crippen molar-refractivity contribution in [2.24, 2.45) is 7.05 Å². The maximum Gasteiger partial charge on any atom is 0.232 e. The smallest absolute Gasteiger partial charge is 0.232 e. The molecule has 6 nitrogen and oxygen atoms in total. The van der Waals surface area contributed by atoms with Crippen LogP contribution in [0.1, 0.15) is 26.7 Å². The summed E-state index contributed by atoms with van der Waals surface area (Å²) in [5, 5.41) is 4.67. The normalized spacial score (nSPS) is 14.5. The summed E-state index contributed by atoms with van der Waals surface area (Å²) in [6, 6.07) is 4.43. The molecule has 130 valence electrons. The number of hydrogen-bond acceptors (Lipinski definition) is 6. The topological polar surface area (TPSA) is 56.1 Å². The van der Waals surface area contributed by atoms with Gasteiger partial charge in [-0.15, -0.1) is 11.3 Å². The van der Waals surface area contributed by atoms with Gasteiger partial charge in [-0.3, -0.25) is 14.6 Å². The van der Waals surface area contributed by atoms with Crippen molar-refractivity contribution in [2.45, 2.75) is 33.0 Å². The molecule has 0 saturated heterocycles. The first-order chi connectivity index (χ1) is 12.2. The standard InChI is InChI=1S/C18H21N5OS/c1-13-3-4-14(25-13)10-23-8-5-17-15(11-23)16(21-22(17)2)12-24-18-9-19-6-7-20-18/h3-4,6-7,9H,5,8,10-12H2,1-2H3. The lowest BCUT2D eigenvalue weighted by molar-refractivity contribution is 0.240. The minimum absolute atomic E-state index is 0.424. The zero-order chi connectivity index (χ0) is 17.2. The van der Waals surface area contributed by atoms with Gasteiger partial charge < -0.3 is 4.74 Å². The van der Waals surface area contributed by atoms with Crippen LogP contribution >= 0.6 is 11.3 Å². The molecule has 0 bridgehead atoms. The summed E-state index contributed by atoms with van der Waals surface area (Å²) in [6.45, 7) is 5.56. The molecule has 1 aliphatic heterocycles. The minimum atomic E-state index is 0.424. The monoisotopic (exact) mass is 355 g/mol. The van der Waals surface area contributed by atoms with Crippen LogP contribution in [0, 0.1) is 6.92 Å². The van der Waals surface area contributed by atoms with E-state index in [1.165, 1.54) is 21.0 Å².